The van der Waals surface area contributed by atoms with Crippen LogP contribution in [0, 0.1) is 11.3 Å². The van der Waals surface area contributed by atoms with Crippen LogP contribution in [0.25, 0.3) is 0 Å². The number of nitrogens with one attached hydrogen (secondary N) is 1. The van der Waals surface area contributed by atoms with E-state index in [0.29, 0.717) is 0 Å². The molecule has 0 aliphatic heterocycles. The fourth-order valence-corrected chi connectivity index (χ4v) is 0.901. The first-order valence-corrected chi connectivity index (χ1v) is 3.57. The van der Waals surface area contributed by atoms with E-state index >= 15 is 0 Å². The second-order valence-electron chi connectivity index (χ2n) is 1.64. The Kier molecular flexibility index (Phi) is 2.23. The topological polar surface area (TPSA) is 65.4 Å². The lowest BCUT2D eigenvalue weighted by molar-refractivity contribution is 0.913. The van der Waals surface area contributed by atoms with Crippen LogP contribution in [0.5, 0.6) is 0 Å². The fraction of sp³-hybridized carbons (Fsp3) is 0.250. The van der Waals surface area contributed by atoms with E-state index in [-0.39, 0.29) is 11.4 Å². The molecule has 1 aromatic heterocycles. The van der Waals surface area contributed by atoms with Crippen LogP contribution >= 0.6 is 34.8 Å². The summed E-state index contributed by atoms with van der Waals surface area (Å²) in [5.74, 6) is 0. The van der Waals surface area contributed by atoms with Gasteiger partial charge in [0.05, 0.1) is 0 Å². The molecular weight excluding hydrogens is 210 g/mol. The molecule has 58 valence electrons. The maximum atomic E-state index is 8.43. The summed E-state index contributed by atoms with van der Waals surface area (Å²) in [6.45, 7) is 0. The average molecular weight is 211 g/mol. The number of aromatic amines is 1. The van der Waals surface area contributed by atoms with Crippen molar-refractivity contribution in [3.63, 3.8) is 0 Å². The largest absolute Gasteiger partial charge is 0.247 e. The molecule has 0 aliphatic carbocycles. The van der Waals surface area contributed by atoms with E-state index < -0.39 is 3.79 Å². The van der Waals surface area contributed by atoms with Gasteiger partial charge < -0.3 is 0 Å². The van der Waals surface area contributed by atoms with E-state index in [0.717, 1.165) is 0 Å². The van der Waals surface area contributed by atoms with Gasteiger partial charge in [0, 0.05) is 0 Å². The summed E-state index contributed by atoms with van der Waals surface area (Å²) < 4.78 is -1.70. The molecule has 1 heterocycles. The van der Waals surface area contributed by atoms with Crippen LogP contribution < -0.4 is 0 Å². The summed E-state index contributed by atoms with van der Waals surface area (Å²) in [5.41, 5.74) is 0.0787. The third kappa shape index (κ3) is 1.74. The van der Waals surface area contributed by atoms with E-state index in [1.54, 1.807) is 6.07 Å². The minimum atomic E-state index is -1.70. The molecule has 0 bridgehead atoms. The molecule has 0 aromatic carbocycles. The Labute approximate surface area is 77.0 Å². The highest BCUT2D eigenvalue weighted by molar-refractivity contribution is 6.66. The van der Waals surface area contributed by atoms with Crippen molar-refractivity contribution in [1.29, 1.82) is 5.26 Å². The first-order chi connectivity index (χ1) is 5.05. The lowest BCUT2D eigenvalue weighted by Gasteiger charge is -2.04. The van der Waals surface area contributed by atoms with Crippen LogP contribution in [-0.4, -0.2) is 15.4 Å². The highest BCUT2D eigenvalue weighted by Crippen LogP contribution is 2.37. The Morgan fingerprint density at radius 1 is 1.45 bits per heavy atom. The smallest absolute Gasteiger partial charge is 0.237 e. The van der Waals surface area contributed by atoms with Crippen molar-refractivity contribution in [3.05, 3.63) is 11.4 Å². The van der Waals surface area contributed by atoms with Gasteiger partial charge in [0.2, 0.25) is 3.79 Å². The summed E-state index contributed by atoms with van der Waals surface area (Å²) in [7, 11) is 0. The molecule has 0 saturated carbocycles. The average Bonchev–Trinajstić information content (AvgIpc) is 2.31. The maximum absolute atomic E-state index is 8.43. The van der Waals surface area contributed by atoms with Crippen molar-refractivity contribution in [3.8, 4) is 6.07 Å². The maximum Gasteiger partial charge on any atom is 0.237 e. The van der Waals surface area contributed by atoms with Crippen LogP contribution in [0.4, 0.5) is 0 Å². The minimum Gasteiger partial charge on any atom is -0.247 e. The first-order valence-electron chi connectivity index (χ1n) is 2.44. The number of aromatic nitrogens is 3. The molecular formula is C4HCl3N4. The first kappa shape index (κ1) is 8.60. The molecule has 1 rings (SSSR count). The second-order valence-corrected chi connectivity index (χ2v) is 3.93. The Morgan fingerprint density at radius 3 is 2.45 bits per heavy atom. The summed E-state index contributed by atoms with van der Waals surface area (Å²) in [4.78, 5) is 0. The highest BCUT2D eigenvalue weighted by atomic mass is 35.6. The highest BCUT2D eigenvalue weighted by Gasteiger charge is 2.29. The minimum absolute atomic E-state index is 0.0185. The number of alkyl halides is 3. The molecule has 11 heavy (non-hydrogen) atoms. The van der Waals surface area contributed by atoms with Gasteiger partial charge in [-0.3, -0.25) is 0 Å². The number of nitrogens with zero attached hydrogens (tertiary/aromatic N) is 3. The van der Waals surface area contributed by atoms with Crippen molar-refractivity contribution in [2.75, 3.05) is 0 Å². The predicted octanol–water partition coefficient (Wildman–Crippen LogP) is 1.50. The molecule has 0 amide bonds. The van der Waals surface area contributed by atoms with Crippen LogP contribution in [0.3, 0.4) is 0 Å². The number of hydrogen-bond donors (Lipinski definition) is 1. The molecule has 0 fully saturated rings. The van der Waals surface area contributed by atoms with Gasteiger partial charge in [0.15, 0.2) is 11.4 Å². The van der Waals surface area contributed by atoms with Gasteiger partial charge in [0.1, 0.15) is 6.07 Å². The van der Waals surface area contributed by atoms with Gasteiger partial charge in [0.25, 0.3) is 0 Å². The normalized spacial score (nSPS) is 11.1. The molecule has 1 N–H and O–H groups in total. The van der Waals surface area contributed by atoms with Gasteiger partial charge >= 0.3 is 0 Å². The second kappa shape index (κ2) is 2.86. The van der Waals surface area contributed by atoms with E-state index in [9.17, 15) is 0 Å². The number of halogens is 3. The van der Waals surface area contributed by atoms with Crippen LogP contribution in [0.2, 0.25) is 0 Å². The van der Waals surface area contributed by atoms with Gasteiger partial charge in [-0.05, 0) is 0 Å². The van der Waals surface area contributed by atoms with E-state index in [1.165, 1.54) is 0 Å². The zero-order valence-corrected chi connectivity index (χ0v) is 7.24. The zero-order chi connectivity index (χ0) is 8.48. The van der Waals surface area contributed by atoms with Crippen LogP contribution in [0.15, 0.2) is 0 Å². The molecule has 0 radical (unpaired) electrons. The van der Waals surface area contributed by atoms with Gasteiger partial charge in [-0.2, -0.15) is 5.26 Å². The van der Waals surface area contributed by atoms with Crippen molar-refractivity contribution in [1.82, 2.24) is 15.4 Å². The van der Waals surface area contributed by atoms with Gasteiger partial charge in [-0.1, -0.05) is 40.0 Å². The van der Waals surface area contributed by atoms with Gasteiger partial charge in [-0.25, -0.2) is 5.10 Å². The SMILES string of the molecule is N#Cc1[nH]nnc1C(Cl)(Cl)Cl. The van der Waals surface area contributed by atoms with Gasteiger partial charge in [-0.15, -0.1) is 5.10 Å². The third-order valence-electron chi connectivity index (χ3n) is 0.929. The monoisotopic (exact) mass is 210 g/mol. The Morgan fingerprint density at radius 2 is 2.09 bits per heavy atom. The molecule has 0 spiro atoms. The number of rotatable bonds is 0. The molecule has 0 aliphatic rings. The molecule has 0 atom stereocenters. The third-order valence-corrected chi connectivity index (χ3v) is 1.47. The number of hydrogen-bond acceptors (Lipinski definition) is 3. The van der Waals surface area contributed by atoms with Crippen molar-refractivity contribution in [2.24, 2.45) is 0 Å². The van der Waals surface area contributed by atoms with E-state index in [2.05, 4.69) is 15.4 Å². The zero-order valence-electron chi connectivity index (χ0n) is 4.98. The molecule has 0 unspecified atom stereocenters. The number of H-pyrrole nitrogens is 1. The van der Waals surface area contributed by atoms with E-state index in [1.807, 2.05) is 0 Å². The Bertz CT molecular complexity index is 293. The molecule has 1 aromatic rings. The predicted molar refractivity (Wildman–Crippen MR) is 40.3 cm³/mol. The molecule has 7 heteroatoms. The standard InChI is InChI=1S/C4HCl3N4/c5-4(6,7)3-2(1-8)9-11-10-3/h(H,9,10,11). The van der Waals surface area contributed by atoms with Crippen molar-refractivity contribution in [2.45, 2.75) is 3.79 Å². The van der Waals surface area contributed by atoms with Crippen LogP contribution in [-0.2, 0) is 3.79 Å². The lowest BCUT2D eigenvalue weighted by Crippen LogP contribution is -2.03. The fourth-order valence-electron chi connectivity index (χ4n) is 0.504. The number of nitriles is 1. The Balaban J connectivity index is 3.15. The quantitative estimate of drug-likeness (QED) is 0.662. The molecule has 4 nitrogen and oxygen atoms in total. The van der Waals surface area contributed by atoms with Crippen molar-refractivity contribution >= 4 is 34.8 Å². The molecule has 0 saturated heterocycles. The summed E-state index contributed by atoms with van der Waals surface area (Å²) in [6, 6.07) is 1.75. The lowest BCUT2D eigenvalue weighted by atomic mass is 10.4. The van der Waals surface area contributed by atoms with Crippen LogP contribution in [0.1, 0.15) is 11.4 Å². The summed E-state index contributed by atoms with van der Waals surface area (Å²) >= 11 is 16.3. The Hall–Kier alpha value is -0.500. The summed E-state index contributed by atoms with van der Waals surface area (Å²) in [5, 5.41) is 17.5. The van der Waals surface area contributed by atoms with E-state index in [4.69, 9.17) is 40.1 Å². The van der Waals surface area contributed by atoms with Crippen molar-refractivity contribution < 1.29 is 0 Å². The summed E-state index contributed by atoms with van der Waals surface area (Å²) in [6.07, 6.45) is 0.